The molecular formula is C21H13ClN2O4S2. The zero-order valence-electron chi connectivity index (χ0n) is 15.2. The molecule has 0 saturated heterocycles. The summed E-state index contributed by atoms with van der Waals surface area (Å²) in [7, 11) is 0. The predicted molar refractivity (Wildman–Crippen MR) is 118 cm³/mol. The first-order valence-electron chi connectivity index (χ1n) is 8.71. The predicted octanol–water partition coefficient (Wildman–Crippen LogP) is 5.39. The van der Waals surface area contributed by atoms with Crippen LogP contribution in [0.5, 0.6) is 0 Å². The van der Waals surface area contributed by atoms with Crippen LogP contribution in [-0.4, -0.2) is 27.8 Å². The maximum atomic E-state index is 12.9. The molecule has 2 aromatic heterocycles. The van der Waals surface area contributed by atoms with E-state index in [-0.39, 0.29) is 28.9 Å². The number of ketones is 1. The van der Waals surface area contributed by atoms with E-state index in [0.717, 1.165) is 10.1 Å². The number of anilines is 1. The SMILES string of the molecule is O=C(Nc1nccs1)c1ccc(C(=O)O)c(CC(=O)c2sc3ccccc3c2Cl)c1. The van der Waals surface area contributed by atoms with Crippen LogP contribution < -0.4 is 5.32 Å². The standard InChI is InChI=1S/C21H13ClN2O4S2/c22-17-14-3-1-2-4-16(14)30-18(17)15(25)10-12-9-11(5-6-13(12)20(27)28)19(26)24-21-23-7-8-29-21/h1-9H,10H2,(H,27,28)(H,23,24,26). The van der Waals surface area contributed by atoms with Gasteiger partial charge in [0.2, 0.25) is 0 Å². The Hall–Kier alpha value is -3.07. The first-order valence-corrected chi connectivity index (χ1v) is 10.8. The summed E-state index contributed by atoms with van der Waals surface area (Å²) in [4.78, 5) is 41.4. The van der Waals surface area contributed by atoms with Crippen molar-refractivity contribution in [1.29, 1.82) is 0 Å². The summed E-state index contributed by atoms with van der Waals surface area (Å²) < 4.78 is 0.876. The largest absolute Gasteiger partial charge is 0.478 e. The number of hydrogen-bond donors (Lipinski definition) is 2. The lowest BCUT2D eigenvalue weighted by molar-refractivity contribution is 0.0695. The molecule has 2 aromatic carbocycles. The number of benzene rings is 2. The van der Waals surface area contributed by atoms with Crippen LogP contribution in [0.25, 0.3) is 10.1 Å². The van der Waals surface area contributed by atoms with E-state index in [1.54, 1.807) is 11.6 Å². The van der Waals surface area contributed by atoms with Gasteiger partial charge in [0.1, 0.15) is 0 Å². The molecule has 1 amide bonds. The Labute approximate surface area is 183 Å². The number of thiophene rings is 1. The maximum absolute atomic E-state index is 12.9. The minimum Gasteiger partial charge on any atom is -0.478 e. The van der Waals surface area contributed by atoms with Gasteiger partial charge in [-0.15, -0.1) is 22.7 Å². The molecule has 6 nitrogen and oxygen atoms in total. The minimum absolute atomic E-state index is 0.0358. The highest BCUT2D eigenvalue weighted by molar-refractivity contribution is 7.21. The first kappa shape index (κ1) is 20.2. The zero-order valence-corrected chi connectivity index (χ0v) is 17.6. The monoisotopic (exact) mass is 456 g/mol. The van der Waals surface area contributed by atoms with Crippen molar-refractivity contribution in [2.75, 3.05) is 5.32 Å². The number of amides is 1. The highest BCUT2D eigenvalue weighted by Gasteiger charge is 2.21. The molecule has 150 valence electrons. The Balaban J connectivity index is 1.66. The van der Waals surface area contributed by atoms with Gasteiger partial charge < -0.3 is 5.11 Å². The molecule has 0 radical (unpaired) electrons. The summed E-state index contributed by atoms with van der Waals surface area (Å²) in [5, 5.41) is 15.4. The number of hydrogen-bond acceptors (Lipinski definition) is 6. The number of carbonyl (C=O) groups excluding carboxylic acids is 2. The van der Waals surface area contributed by atoms with E-state index in [1.807, 2.05) is 24.3 Å². The second-order valence-electron chi connectivity index (χ2n) is 6.31. The van der Waals surface area contributed by atoms with E-state index in [0.29, 0.717) is 15.0 Å². The molecule has 30 heavy (non-hydrogen) atoms. The normalized spacial score (nSPS) is 10.8. The number of carboxylic acid groups (broad SMARTS) is 1. The highest BCUT2D eigenvalue weighted by atomic mass is 35.5. The van der Waals surface area contributed by atoms with Gasteiger partial charge in [-0.25, -0.2) is 9.78 Å². The molecule has 0 unspecified atom stereocenters. The zero-order chi connectivity index (χ0) is 21.3. The molecule has 0 bridgehead atoms. The van der Waals surface area contributed by atoms with Crippen LogP contribution in [0.4, 0.5) is 5.13 Å². The summed E-state index contributed by atoms with van der Waals surface area (Å²) >= 11 is 8.91. The molecule has 0 fully saturated rings. The van der Waals surface area contributed by atoms with Gasteiger partial charge in [0, 0.05) is 33.6 Å². The van der Waals surface area contributed by atoms with Gasteiger partial charge >= 0.3 is 5.97 Å². The number of nitrogens with one attached hydrogen (secondary N) is 1. The lowest BCUT2D eigenvalue weighted by atomic mass is 9.98. The average molecular weight is 457 g/mol. The van der Waals surface area contributed by atoms with Crippen molar-refractivity contribution in [1.82, 2.24) is 4.98 Å². The topological polar surface area (TPSA) is 96.4 Å². The Kier molecular flexibility index (Phi) is 5.63. The van der Waals surface area contributed by atoms with Crippen molar-refractivity contribution in [3.63, 3.8) is 0 Å². The lowest BCUT2D eigenvalue weighted by Gasteiger charge is -2.09. The number of aromatic nitrogens is 1. The Morgan fingerprint density at radius 1 is 1.13 bits per heavy atom. The van der Waals surface area contributed by atoms with Crippen LogP contribution in [0.2, 0.25) is 5.02 Å². The van der Waals surface area contributed by atoms with Crippen LogP contribution in [0, 0.1) is 0 Å². The van der Waals surface area contributed by atoms with Gasteiger partial charge in [0.25, 0.3) is 5.91 Å². The molecule has 0 spiro atoms. The Bertz CT molecular complexity index is 1280. The van der Waals surface area contributed by atoms with E-state index < -0.39 is 11.9 Å². The van der Waals surface area contributed by atoms with E-state index in [4.69, 9.17) is 11.6 Å². The van der Waals surface area contributed by atoms with Crippen LogP contribution >= 0.6 is 34.3 Å². The van der Waals surface area contributed by atoms with Gasteiger partial charge in [-0.05, 0) is 29.8 Å². The number of halogens is 1. The number of rotatable bonds is 6. The first-order chi connectivity index (χ1) is 14.4. The number of carbonyl (C=O) groups is 3. The molecule has 4 rings (SSSR count). The second kappa shape index (κ2) is 8.35. The average Bonchev–Trinajstić information content (AvgIpc) is 3.36. The molecule has 9 heteroatoms. The van der Waals surface area contributed by atoms with Crippen molar-refractivity contribution >= 4 is 67.2 Å². The van der Waals surface area contributed by atoms with Crippen molar-refractivity contribution in [2.24, 2.45) is 0 Å². The van der Waals surface area contributed by atoms with Crippen LogP contribution in [-0.2, 0) is 6.42 Å². The van der Waals surface area contributed by atoms with Gasteiger partial charge in [0.05, 0.1) is 15.5 Å². The van der Waals surface area contributed by atoms with E-state index in [9.17, 15) is 19.5 Å². The van der Waals surface area contributed by atoms with E-state index in [1.165, 1.54) is 40.9 Å². The van der Waals surface area contributed by atoms with Gasteiger partial charge in [0.15, 0.2) is 10.9 Å². The van der Waals surface area contributed by atoms with Crippen LogP contribution in [0.3, 0.4) is 0 Å². The summed E-state index contributed by atoms with van der Waals surface area (Å²) in [5.41, 5.74) is 0.444. The third-order valence-corrected chi connectivity index (χ3v) is 6.79. The third kappa shape index (κ3) is 3.97. The fourth-order valence-corrected chi connectivity index (χ4v) is 4.99. The van der Waals surface area contributed by atoms with E-state index >= 15 is 0 Å². The minimum atomic E-state index is -1.17. The number of nitrogens with zero attached hydrogens (tertiary/aromatic N) is 1. The Morgan fingerprint density at radius 3 is 2.63 bits per heavy atom. The summed E-state index contributed by atoms with van der Waals surface area (Å²) in [6, 6.07) is 11.6. The molecule has 0 saturated carbocycles. The number of thiazole rings is 1. The van der Waals surface area contributed by atoms with E-state index in [2.05, 4.69) is 10.3 Å². The Morgan fingerprint density at radius 2 is 1.93 bits per heavy atom. The molecule has 0 aliphatic heterocycles. The molecule has 2 N–H and O–H groups in total. The molecule has 0 aliphatic rings. The molecule has 0 aliphatic carbocycles. The lowest BCUT2D eigenvalue weighted by Crippen LogP contribution is -2.14. The third-order valence-electron chi connectivity index (χ3n) is 4.39. The molecule has 4 aromatic rings. The fraction of sp³-hybridized carbons (Fsp3) is 0.0476. The molecule has 2 heterocycles. The van der Waals surface area contributed by atoms with Crippen molar-refractivity contribution in [2.45, 2.75) is 6.42 Å². The molecule has 0 atom stereocenters. The highest BCUT2D eigenvalue weighted by Crippen LogP contribution is 2.36. The summed E-state index contributed by atoms with van der Waals surface area (Å²) in [5.74, 6) is -1.91. The van der Waals surface area contributed by atoms with Gasteiger partial charge in [-0.1, -0.05) is 29.8 Å². The number of carboxylic acids is 1. The van der Waals surface area contributed by atoms with Crippen LogP contribution in [0.15, 0.2) is 54.0 Å². The maximum Gasteiger partial charge on any atom is 0.335 e. The van der Waals surface area contributed by atoms with Crippen molar-refractivity contribution < 1.29 is 19.5 Å². The van der Waals surface area contributed by atoms with Crippen molar-refractivity contribution in [3.05, 3.63) is 80.6 Å². The summed E-state index contributed by atoms with van der Waals surface area (Å²) in [6.45, 7) is 0. The smallest absolute Gasteiger partial charge is 0.335 e. The van der Waals surface area contributed by atoms with Crippen molar-refractivity contribution in [3.8, 4) is 0 Å². The second-order valence-corrected chi connectivity index (χ2v) is 8.63. The van der Waals surface area contributed by atoms with Gasteiger partial charge in [-0.2, -0.15) is 0 Å². The van der Waals surface area contributed by atoms with Crippen LogP contribution in [0.1, 0.15) is 36.0 Å². The number of Topliss-reactive ketones (excluding diaryl/α,β-unsaturated/α-hetero) is 1. The number of fused-ring (bicyclic) bond motifs is 1. The number of aromatic carboxylic acids is 1. The van der Waals surface area contributed by atoms with Gasteiger partial charge in [-0.3, -0.25) is 14.9 Å². The summed E-state index contributed by atoms with van der Waals surface area (Å²) in [6.07, 6.45) is 1.37. The quantitative estimate of drug-likeness (QED) is 0.379. The molecular weight excluding hydrogens is 444 g/mol. The fourth-order valence-electron chi connectivity index (χ4n) is 2.99.